The van der Waals surface area contributed by atoms with E-state index in [1.165, 1.54) is 7.11 Å². The second-order valence-electron chi connectivity index (χ2n) is 7.19. The average molecular weight is 489 g/mol. The van der Waals surface area contributed by atoms with Crippen LogP contribution in [0, 0.1) is 17.8 Å². The van der Waals surface area contributed by atoms with Crippen LogP contribution in [0.25, 0.3) is 0 Å². The Bertz CT molecular complexity index is 674. The highest BCUT2D eigenvalue weighted by atomic mass is 79.9. The molecule has 170 valence electrons. The number of aryl methyl sites for hydroxylation is 2. The highest BCUT2D eigenvalue weighted by Gasteiger charge is 2.35. The quantitative estimate of drug-likeness (QED) is 0.188. The second-order valence-corrected chi connectivity index (χ2v) is 7.19. The van der Waals surface area contributed by atoms with E-state index in [2.05, 4.69) is 39.8 Å². The van der Waals surface area contributed by atoms with E-state index in [9.17, 15) is 9.59 Å². The number of terminal acetylenes is 1. The summed E-state index contributed by atoms with van der Waals surface area (Å²) in [6.45, 7) is 6.24. The summed E-state index contributed by atoms with van der Waals surface area (Å²) >= 11 is 0. The summed E-state index contributed by atoms with van der Waals surface area (Å²) in [5, 5.41) is 2.90. The summed E-state index contributed by atoms with van der Waals surface area (Å²) in [5.74, 6) is 2.13. The van der Waals surface area contributed by atoms with Crippen molar-refractivity contribution in [1.82, 2.24) is 9.88 Å². The molecule has 30 heavy (non-hydrogen) atoms. The molecule has 1 unspecified atom stereocenters. The number of methoxy groups -OCH3 is 1. The third kappa shape index (κ3) is 10.6. The van der Waals surface area contributed by atoms with Crippen LogP contribution in [0.3, 0.4) is 0 Å². The maximum Gasteiger partial charge on any atom is 0.508 e. The lowest BCUT2D eigenvalue weighted by Crippen LogP contribution is -2.46. The normalized spacial score (nSPS) is 12.2. The first-order valence-corrected chi connectivity index (χ1v) is 10.00. The molecule has 1 aromatic rings. The van der Waals surface area contributed by atoms with Crippen LogP contribution in [0.5, 0.6) is 0 Å². The monoisotopic (exact) mass is 488 g/mol. The summed E-state index contributed by atoms with van der Waals surface area (Å²) < 4.78 is 19.3. The fourth-order valence-corrected chi connectivity index (χ4v) is 2.67. The van der Waals surface area contributed by atoms with Gasteiger partial charge >= 0.3 is 6.16 Å². The third-order valence-electron chi connectivity index (χ3n) is 4.38. The lowest BCUT2D eigenvalue weighted by atomic mass is 9.91. The molecule has 0 aliphatic heterocycles. The number of rotatable bonds is 14. The van der Waals surface area contributed by atoms with E-state index in [0.717, 1.165) is 32.4 Å². The van der Waals surface area contributed by atoms with Crippen LogP contribution in [0.15, 0.2) is 18.7 Å². The number of halogens is 1. The molecule has 0 aromatic carbocycles. The van der Waals surface area contributed by atoms with Gasteiger partial charge in [-0.1, -0.05) is 13.3 Å². The van der Waals surface area contributed by atoms with Gasteiger partial charge in [-0.3, -0.25) is 4.79 Å². The lowest BCUT2D eigenvalue weighted by molar-refractivity contribution is -0.696. The van der Waals surface area contributed by atoms with Gasteiger partial charge in [0.1, 0.15) is 31.0 Å². The number of hydrogen-bond acceptors (Lipinski definition) is 5. The Morgan fingerprint density at radius 1 is 1.27 bits per heavy atom. The topological polar surface area (TPSA) is 82.7 Å². The van der Waals surface area contributed by atoms with Gasteiger partial charge in [0.25, 0.3) is 0 Å². The minimum absolute atomic E-state index is 0. The van der Waals surface area contributed by atoms with Gasteiger partial charge in [-0.15, -0.1) is 29.3 Å². The first-order valence-electron chi connectivity index (χ1n) is 10.00. The molecule has 1 heterocycles. The summed E-state index contributed by atoms with van der Waals surface area (Å²) in [7, 11) is 1.50. The molecule has 0 saturated heterocycles. The number of carbonyl (C=O) groups is 2. The number of amides is 1. The van der Waals surface area contributed by atoms with Crippen LogP contribution >= 0.6 is 17.0 Å². The molecule has 1 atom stereocenters. The summed E-state index contributed by atoms with van der Waals surface area (Å²) in [4.78, 5) is 24.2. The zero-order valence-corrected chi connectivity index (χ0v) is 19.9. The second kappa shape index (κ2) is 15.7. The number of nitrogens with one attached hydrogen (secondary N) is 1. The van der Waals surface area contributed by atoms with E-state index in [1.807, 2.05) is 6.20 Å². The molecule has 0 aliphatic rings. The van der Waals surface area contributed by atoms with Crippen LogP contribution in [0.2, 0.25) is 0 Å². The van der Waals surface area contributed by atoms with Crippen molar-refractivity contribution < 1.29 is 28.4 Å². The van der Waals surface area contributed by atoms with E-state index < -0.39 is 11.6 Å². The Kier molecular flexibility index (Phi) is 14.7. The Balaban J connectivity index is 0.00000841. The van der Waals surface area contributed by atoms with Crippen molar-refractivity contribution in [3.63, 3.8) is 0 Å². The lowest BCUT2D eigenvalue weighted by Gasteiger charge is -2.26. The molecule has 0 spiro atoms. The standard InChI is InChI=1S/C21H33N3O5.BrH/c1-5-7-11-23-13-14-24(18-23)12-9-10-22-19(25)21(3,16-27-4)17-29-20(26)28-15-8-6-2;/h2,13-14,18H,5,7-12,15-17H2,1,3-4H3;1H/p+1. The van der Waals surface area contributed by atoms with Crippen molar-refractivity contribution in [2.24, 2.45) is 5.41 Å². The number of carbonyl (C=O) groups excluding carboxylic acids is 2. The number of ether oxygens (including phenoxy) is 3. The minimum atomic E-state index is -1.00. The smallest absolute Gasteiger partial charge is 0.433 e. The summed E-state index contributed by atoms with van der Waals surface area (Å²) in [6.07, 6.45) is 13.8. The van der Waals surface area contributed by atoms with E-state index in [0.29, 0.717) is 13.0 Å². The van der Waals surface area contributed by atoms with E-state index in [4.69, 9.17) is 20.6 Å². The molecule has 1 aromatic heterocycles. The molecular formula is C21H35BrN3O5+. The van der Waals surface area contributed by atoms with Gasteiger partial charge in [0.05, 0.1) is 19.7 Å². The van der Waals surface area contributed by atoms with Crippen molar-refractivity contribution in [1.29, 1.82) is 0 Å². The summed E-state index contributed by atoms with van der Waals surface area (Å²) in [6, 6.07) is 0. The molecule has 1 amide bonds. The van der Waals surface area contributed by atoms with Crippen LogP contribution in [-0.2, 0) is 32.1 Å². The predicted molar refractivity (Wildman–Crippen MR) is 118 cm³/mol. The summed E-state index contributed by atoms with van der Waals surface area (Å²) in [5.41, 5.74) is -1.00. The molecule has 0 aliphatic carbocycles. The van der Waals surface area contributed by atoms with Gasteiger partial charge in [-0.2, -0.15) is 0 Å². The van der Waals surface area contributed by atoms with Gasteiger partial charge in [-0.05, 0) is 13.3 Å². The maximum atomic E-state index is 12.6. The Morgan fingerprint density at radius 3 is 2.70 bits per heavy atom. The predicted octanol–water partition coefficient (Wildman–Crippen LogP) is 2.49. The van der Waals surface area contributed by atoms with E-state index in [-0.39, 0.29) is 42.7 Å². The molecule has 0 saturated carbocycles. The molecule has 0 bridgehead atoms. The van der Waals surface area contributed by atoms with Crippen LogP contribution < -0.4 is 9.88 Å². The molecule has 1 rings (SSSR count). The highest BCUT2D eigenvalue weighted by Crippen LogP contribution is 2.18. The number of unbranched alkanes of at least 4 members (excludes halogenated alkanes) is 1. The molecule has 0 fully saturated rings. The van der Waals surface area contributed by atoms with Crippen molar-refractivity contribution in [2.45, 2.75) is 52.6 Å². The largest absolute Gasteiger partial charge is 0.508 e. The molecule has 0 radical (unpaired) electrons. The van der Waals surface area contributed by atoms with Crippen LogP contribution in [0.4, 0.5) is 4.79 Å². The molecule has 1 N–H and O–H groups in total. The Morgan fingerprint density at radius 2 is 2.03 bits per heavy atom. The van der Waals surface area contributed by atoms with Gasteiger partial charge < -0.3 is 19.5 Å². The van der Waals surface area contributed by atoms with Crippen molar-refractivity contribution >= 4 is 29.0 Å². The third-order valence-corrected chi connectivity index (χ3v) is 4.38. The highest BCUT2D eigenvalue weighted by molar-refractivity contribution is 8.93. The zero-order chi connectivity index (χ0) is 21.5. The number of hydrogen-bond donors (Lipinski definition) is 1. The van der Waals surface area contributed by atoms with Crippen molar-refractivity contribution in [3.05, 3.63) is 18.7 Å². The Hall–Kier alpha value is -2.05. The maximum absolute atomic E-state index is 12.6. The van der Waals surface area contributed by atoms with Crippen LogP contribution in [0.1, 0.15) is 39.5 Å². The van der Waals surface area contributed by atoms with Crippen molar-refractivity contribution in [2.75, 3.05) is 33.5 Å². The zero-order valence-electron chi connectivity index (χ0n) is 18.2. The molecule has 9 heteroatoms. The number of imidazole rings is 1. The van der Waals surface area contributed by atoms with Gasteiger partial charge in [-0.25, -0.2) is 13.9 Å². The SMILES string of the molecule is Br.C#CCCOC(=O)OCC(C)(COC)C(=O)NCCC[n+]1ccn(CCCC)c1. The van der Waals surface area contributed by atoms with Gasteiger partial charge in [0, 0.05) is 26.5 Å². The minimum Gasteiger partial charge on any atom is -0.433 e. The van der Waals surface area contributed by atoms with Crippen molar-refractivity contribution in [3.8, 4) is 12.3 Å². The number of aromatic nitrogens is 2. The first kappa shape index (κ1) is 27.9. The molecular weight excluding hydrogens is 454 g/mol. The van der Waals surface area contributed by atoms with Crippen LogP contribution in [-0.4, -0.2) is 50.1 Å². The molecule has 8 nitrogen and oxygen atoms in total. The average Bonchev–Trinajstić information content (AvgIpc) is 3.16. The van der Waals surface area contributed by atoms with Gasteiger partial charge in [0.15, 0.2) is 0 Å². The number of nitrogens with zero attached hydrogens (tertiary/aromatic N) is 2. The van der Waals surface area contributed by atoms with E-state index in [1.54, 1.807) is 6.92 Å². The fourth-order valence-electron chi connectivity index (χ4n) is 2.67. The van der Waals surface area contributed by atoms with E-state index >= 15 is 0 Å². The first-order chi connectivity index (χ1) is 13.9. The van der Waals surface area contributed by atoms with Gasteiger partial charge in [0.2, 0.25) is 12.2 Å². The fraction of sp³-hybridized carbons (Fsp3) is 0.667. The Labute approximate surface area is 190 Å².